The second-order valence-electron chi connectivity index (χ2n) is 7.68. The molecular weight excluding hydrogens is 344 g/mol. The summed E-state index contributed by atoms with van der Waals surface area (Å²) in [5.41, 5.74) is 3.08. The summed E-state index contributed by atoms with van der Waals surface area (Å²) in [6, 6.07) is 7.13. The largest absolute Gasteiger partial charge is 0.484 e. The van der Waals surface area contributed by atoms with Gasteiger partial charge in [0.2, 0.25) is 0 Å². The molecule has 2 bridgehead atoms. The highest BCUT2D eigenvalue weighted by atomic mass is 16.5. The van der Waals surface area contributed by atoms with E-state index in [0.717, 1.165) is 23.9 Å². The molecule has 3 rings (SSSR count). The molecule has 148 valence electrons. The predicted molar refractivity (Wildman–Crippen MR) is 103 cm³/mol. The lowest BCUT2D eigenvalue weighted by Crippen LogP contribution is -2.40. The van der Waals surface area contributed by atoms with Crippen LogP contribution in [-0.2, 0) is 11.2 Å². The van der Waals surface area contributed by atoms with Crippen molar-refractivity contribution in [3.8, 4) is 5.75 Å². The van der Waals surface area contributed by atoms with Gasteiger partial charge in [-0.15, -0.1) is 0 Å². The molecule has 5 N–H and O–H groups in total. The molecule has 0 spiro atoms. The zero-order chi connectivity index (χ0) is 19.1. The maximum absolute atomic E-state index is 12.1. The lowest BCUT2D eigenvalue weighted by molar-refractivity contribution is -0.123. The van der Waals surface area contributed by atoms with Crippen LogP contribution in [0, 0.1) is 17.8 Å². The second kappa shape index (κ2) is 9.60. The Bertz CT molecular complexity index is 635. The molecule has 0 aliphatic heterocycles. The minimum Gasteiger partial charge on any atom is -0.484 e. The first-order chi connectivity index (χ1) is 13.1. The van der Waals surface area contributed by atoms with Crippen LogP contribution in [-0.4, -0.2) is 31.6 Å². The normalized spacial score (nSPS) is 23.5. The first-order valence-electron chi connectivity index (χ1n) is 9.87. The zero-order valence-corrected chi connectivity index (χ0v) is 15.7. The molecule has 2 fully saturated rings. The lowest BCUT2D eigenvalue weighted by atomic mass is 9.87. The molecule has 0 saturated heterocycles. The van der Waals surface area contributed by atoms with Crippen molar-refractivity contribution < 1.29 is 14.3 Å². The van der Waals surface area contributed by atoms with E-state index >= 15 is 0 Å². The number of nitrogens with one attached hydrogen (secondary N) is 3. The van der Waals surface area contributed by atoms with E-state index in [0.29, 0.717) is 24.6 Å². The molecule has 7 nitrogen and oxygen atoms in total. The monoisotopic (exact) mass is 374 g/mol. The summed E-state index contributed by atoms with van der Waals surface area (Å²) >= 11 is 0. The molecule has 2 saturated carbocycles. The Morgan fingerprint density at radius 1 is 1.11 bits per heavy atom. The third kappa shape index (κ3) is 5.85. The predicted octanol–water partition coefficient (Wildman–Crippen LogP) is 1.72. The van der Waals surface area contributed by atoms with Crippen molar-refractivity contribution in [2.75, 3.05) is 19.7 Å². The summed E-state index contributed by atoms with van der Waals surface area (Å²) in [6.45, 7) is 1.32. The topological polar surface area (TPSA) is 105 Å². The molecule has 3 unspecified atom stereocenters. The molecule has 3 amide bonds. The number of carbonyl (C=O) groups is 2. The summed E-state index contributed by atoms with van der Waals surface area (Å²) < 4.78 is 5.58. The van der Waals surface area contributed by atoms with Gasteiger partial charge in [0.05, 0.1) is 0 Å². The van der Waals surface area contributed by atoms with Crippen LogP contribution in [0.2, 0.25) is 0 Å². The number of rotatable bonds is 8. The Kier molecular flexibility index (Phi) is 6.92. The summed E-state index contributed by atoms with van der Waals surface area (Å²) in [5, 5.41) is 5.67. The van der Waals surface area contributed by atoms with Gasteiger partial charge in [0, 0.05) is 13.1 Å². The number of hydrogen-bond acceptors (Lipinski definition) is 4. The molecule has 3 atom stereocenters. The molecule has 0 radical (unpaired) electrons. The molecule has 0 heterocycles. The highest BCUT2D eigenvalue weighted by molar-refractivity contribution is 5.77. The number of hydrogen-bond donors (Lipinski definition) is 4. The van der Waals surface area contributed by atoms with Gasteiger partial charge in [-0.05, 0) is 54.7 Å². The van der Waals surface area contributed by atoms with Crippen LogP contribution in [0.5, 0.6) is 5.75 Å². The fourth-order valence-corrected chi connectivity index (χ4v) is 4.41. The molecular formula is C20H30N4O3. The van der Waals surface area contributed by atoms with Gasteiger partial charge < -0.3 is 15.4 Å². The van der Waals surface area contributed by atoms with Crippen molar-refractivity contribution >= 4 is 11.9 Å². The van der Waals surface area contributed by atoms with Crippen LogP contribution < -0.4 is 26.6 Å². The van der Waals surface area contributed by atoms with Crippen LogP contribution >= 0.6 is 0 Å². The maximum atomic E-state index is 12.1. The number of ether oxygens (including phenoxy) is 1. The lowest BCUT2D eigenvalue weighted by Gasteiger charge is -2.21. The number of nitrogens with two attached hydrogens (primary N) is 1. The molecule has 1 aromatic rings. The van der Waals surface area contributed by atoms with Crippen LogP contribution in [0.3, 0.4) is 0 Å². The van der Waals surface area contributed by atoms with Crippen molar-refractivity contribution in [1.82, 2.24) is 16.1 Å². The second-order valence-corrected chi connectivity index (χ2v) is 7.68. The van der Waals surface area contributed by atoms with Gasteiger partial charge in [0.25, 0.3) is 5.91 Å². The number of hydrazine groups is 1. The van der Waals surface area contributed by atoms with Gasteiger partial charge in [-0.2, -0.15) is 0 Å². The molecule has 2 aliphatic rings. The molecule has 27 heavy (non-hydrogen) atoms. The summed E-state index contributed by atoms with van der Waals surface area (Å²) in [4.78, 5) is 23.1. The Hall–Kier alpha value is -2.28. The molecule has 2 aliphatic carbocycles. The van der Waals surface area contributed by atoms with Crippen LogP contribution in [0.25, 0.3) is 0 Å². The first kappa shape index (κ1) is 19.5. The van der Waals surface area contributed by atoms with E-state index in [1.165, 1.54) is 32.1 Å². The highest BCUT2D eigenvalue weighted by Gasteiger charge is 2.36. The van der Waals surface area contributed by atoms with E-state index in [4.69, 9.17) is 10.6 Å². The fourth-order valence-electron chi connectivity index (χ4n) is 4.41. The van der Waals surface area contributed by atoms with Gasteiger partial charge in [0.1, 0.15) is 5.75 Å². The van der Waals surface area contributed by atoms with Crippen LogP contribution in [0.15, 0.2) is 24.3 Å². The highest BCUT2D eigenvalue weighted by Crippen LogP contribution is 2.45. The van der Waals surface area contributed by atoms with Crippen LogP contribution in [0.4, 0.5) is 4.79 Å². The third-order valence-corrected chi connectivity index (χ3v) is 5.81. The fraction of sp³-hybridized carbons (Fsp3) is 0.600. The minimum atomic E-state index is -0.401. The van der Waals surface area contributed by atoms with E-state index in [-0.39, 0.29) is 12.5 Å². The van der Waals surface area contributed by atoms with Gasteiger partial charge in [-0.1, -0.05) is 31.4 Å². The van der Waals surface area contributed by atoms with E-state index in [1.54, 1.807) is 0 Å². The van der Waals surface area contributed by atoms with Gasteiger partial charge in [0.15, 0.2) is 6.61 Å². The van der Waals surface area contributed by atoms with Gasteiger partial charge in [-0.25, -0.2) is 10.6 Å². The Morgan fingerprint density at radius 2 is 1.93 bits per heavy atom. The number of carbonyl (C=O) groups excluding carboxylic acids is 2. The Morgan fingerprint density at radius 3 is 2.67 bits per heavy atom. The average molecular weight is 374 g/mol. The van der Waals surface area contributed by atoms with Gasteiger partial charge in [-0.3, -0.25) is 10.2 Å². The van der Waals surface area contributed by atoms with E-state index in [1.807, 2.05) is 29.7 Å². The van der Waals surface area contributed by atoms with E-state index in [9.17, 15) is 9.59 Å². The molecule has 1 aromatic carbocycles. The Labute approximate surface area is 160 Å². The summed E-state index contributed by atoms with van der Waals surface area (Å²) in [7, 11) is 0. The standard InChI is InChI=1S/C20H30N4O3/c21-24-20(26)22-9-8-14-4-6-18(7-5-14)27-13-19(25)23-12-17-11-15-2-1-3-16(17)10-15/h4-7,15-17H,1-3,8-13,21H2,(H,23,25)(H2,22,24,26). The van der Waals surface area contributed by atoms with E-state index < -0.39 is 6.03 Å². The van der Waals surface area contributed by atoms with Crippen LogP contribution in [0.1, 0.15) is 37.7 Å². The Balaban J connectivity index is 1.33. The SMILES string of the molecule is NNC(=O)NCCc1ccc(OCC(=O)NCC2CC3CCCC2C3)cc1. The molecule has 7 heteroatoms. The van der Waals surface area contributed by atoms with Crippen molar-refractivity contribution in [3.05, 3.63) is 29.8 Å². The first-order valence-corrected chi connectivity index (χ1v) is 9.87. The number of urea groups is 1. The summed E-state index contributed by atoms with van der Waals surface area (Å²) in [5.74, 6) is 7.95. The minimum absolute atomic E-state index is 0.0401. The maximum Gasteiger partial charge on any atom is 0.328 e. The number of amides is 3. The van der Waals surface area contributed by atoms with E-state index in [2.05, 4.69) is 10.6 Å². The summed E-state index contributed by atoms with van der Waals surface area (Å²) in [6.07, 6.45) is 7.38. The smallest absolute Gasteiger partial charge is 0.328 e. The van der Waals surface area contributed by atoms with Gasteiger partial charge >= 0.3 is 6.03 Å². The number of fused-ring (bicyclic) bond motifs is 2. The van der Waals surface area contributed by atoms with Crippen molar-refractivity contribution in [2.45, 2.75) is 38.5 Å². The third-order valence-electron chi connectivity index (χ3n) is 5.81. The average Bonchev–Trinajstić information content (AvgIpc) is 2.98. The van der Waals surface area contributed by atoms with Crippen molar-refractivity contribution in [3.63, 3.8) is 0 Å². The number of benzene rings is 1. The van der Waals surface area contributed by atoms with Crippen molar-refractivity contribution in [1.29, 1.82) is 0 Å². The quantitative estimate of drug-likeness (QED) is 0.316. The van der Waals surface area contributed by atoms with Crippen molar-refractivity contribution in [2.24, 2.45) is 23.6 Å². The molecule has 0 aromatic heterocycles. The zero-order valence-electron chi connectivity index (χ0n) is 15.7.